The first kappa shape index (κ1) is 34.2. The van der Waals surface area contributed by atoms with Crippen molar-refractivity contribution in [3.8, 4) is 0 Å². The maximum Gasteiger partial charge on any atom is 0.317 e. The zero-order chi connectivity index (χ0) is 31.7. The van der Waals surface area contributed by atoms with Crippen LogP contribution in [0.2, 0.25) is 0 Å². The van der Waals surface area contributed by atoms with Gasteiger partial charge >= 0.3 is 6.03 Å². The van der Waals surface area contributed by atoms with Crippen molar-refractivity contribution in [2.45, 2.75) is 123 Å². The summed E-state index contributed by atoms with van der Waals surface area (Å²) in [7, 11) is 0. The van der Waals surface area contributed by atoms with Gasteiger partial charge in [0.25, 0.3) is 0 Å². The molecule has 4 amide bonds. The molecule has 6 aliphatic rings. The average Bonchev–Trinajstić information content (AvgIpc) is 3.56. The van der Waals surface area contributed by atoms with Crippen LogP contribution < -0.4 is 10.6 Å². The van der Waals surface area contributed by atoms with Crippen molar-refractivity contribution >= 4 is 57.1 Å². The molecule has 6 fully saturated rings. The molecule has 8 nitrogen and oxygen atoms in total. The highest BCUT2D eigenvalue weighted by Crippen LogP contribution is 2.54. The first-order valence-electron chi connectivity index (χ1n) is 18.0. The number of carbonyl (C=O) groups excluding carboxylic acids is 3. The molecule has 11 heteroatoms. The largest absolute Gasteiger partial charge is 0.338 e. The minimum atomic E-state index is -0.790. The Morgan fingerprint density at radius 3 is 2.36 bits per heavy atom. The van der Waals surface area contributed by atoms with Crippen molar-refractivity contribution in [1.82, 2.24) is 25.3 Å². The monoisotopic (exact) mass is 727 g/mol. The number of urea groups is 1. The van der Waals surface area contributed by atoms with Crippen LogP contribution >= 0.6 is 39.3 Å². The van der Waals surface area contributed by atoms with Crippen molar-refractivity contribution in [2.24, 2.45) is 23.7 Å². The van der Waals surface area contributed by atoms with Crippen molar-refractivity contribution in [3.05, 3.63) is 0 Å². The van der Waals surface area contributed by atoms with Gasteiger partial charge in [-0.2, -0.15) is 0 Å². The van der Waals surface area contributed by atoms with Gasteiger partial charge in [-0.15, -0.1) is 23.4 Å². The highest BCUT2D eigenvalue weighted by atomic mass is 79.9. The summed E-state index contributed by atoms with van der Waals surface area (Å²) in [6, 6.07) is 0.196. The van der Waals surface area contributed by atoms with Crippen molar-refractivity contribution in [1.29, 1.82) is 0 Å². The molecule has 0 aromatic carbocycles. The Balaban J connectivity index is 1.33. The second-order valence-electron chi connectivity index (χ2n) is 15.0. The second-order valence-corrected chi connectivity index (χ2v) is 18.6. The third-order valence-electron chi connectivity index (χ3n) is 12.1. The van der Waals surface area contributed by atoms with Crippen molar-refractivity contribution < 1.29 is 14.4 Å². The summed E-state index contributed by atoms with van der Waals surface area (Å²) in [6.45, 7) is 8.62. The fourth-order valence-electron chi connectivity index (χ4n) is 9.54. The van der Waals surface area contributed by atoms with Gasteiger partial charge in [0, 0.05) is 67.3 Å². The Morgan fingerprint density at radius 1 is 0.978 bits per heavy atom. The number of alkyl halides is 2. The van der Waals surface area contributed by atoms with Crippen LogP contribution in [-0.2, 0) is 9.59 Å². The molecular formula is C34H55BrClN5O3S. The first-order valence-corrected chi connectivity index (χ1v) is 20.2. The van der Waals surface area contributed by atoms with E-state index in [4.69, 9.17) is 11.6 Å². The molecule has 3 aliphatic heterocycles. The molecule has 2 N–H and O–H groups in total. The SMILES string of the molecule is CCNC(=O)N1CCN(C(=O)C2(SC3CCC(C)CC3)CC(=O)N(CC3CCC(Br)CC3)C2C2CNC3CC(Cl)CCC32)CC1. The van der Waals surface area contributed by atoms with Crippen molar-refractivity contribution in [3.63, 3.8) is 0 Å². The molecule has 0 aromatic heterocycles. The van der Waals surface area contributed by atoms with Crippen LogP contribution in [0.15, 0.2) is 0 Å². The molecule has 3 aliphatic carbocycles. The summed E-state index contributed by atoms with van der Waals surface area (Å²) >= 11 is 12.4. The number of halogens is 2. The normalized spacial score (nSPS) is 40.8. The third kappa shape index (κ3) is 7.34. The predicted molar refractivity (Wildman–Crippen MR) is 186 cm³/mol. The Morgan fingerprint density at radius 2 is 1.67 bits per heavy atom. The summed E-state index contributed by atoms with van der Waals surface area (Å²) in [5, 5.41) is 7.35. The fourth-order valence-corrected chi connectivity index (χ4v) is 12.4. The molecule has 45 heavy (non-hydrogen) atoms. The number of hydrogen-bond acceptors (Lipinski definition) is 5. The Labute approximate surface area is 288 Å². The van der Waals surface area contributed by atoms with Crippen LogP contribution in [-0.4, -0.2) is 111 Å². The lowest BCUT2D eigenvalue weighted by atomic mass is 9.73. The number of rotatable bonds is 7. The summed E-state index contributed by atoms with van der Waals surface area (Å²) in [5.74, 6) is 2.23. The molecule has 0 bridgehead atoms. The lowest BCUT2D eigenvalue weighted by Crippen LogP contribution is -2.62. The quantitative estimate of drug-likeness (QED) is 0.341. The zero-order valence-corrected chi connectivity index (χ0v) is 30.5. The Bertz CT molecular complexity index is 1060. The van der Waals surface area contributed by atoms with Crippen LogP contribution in [0, 0.1) is 23.7 Å². The van der Waals surface area contributed by atoms with E-state index in [1.165, 1.54) is 12.8 Å². The number of hydrogen-bond donors (Lipinski definition) is 2. The van der Waals surface area contributed by atoms with Gasteiger partial charge in [0.2, 0.25) is 11.8 Å². The van der Waals surface area contributed by atoms with E-state index < -0.39 is 4.75 Å². The van der Waals surface area contributed by atoms with Crippen LogP contribution in [0.25, 0.3) is 0 Å². The summed E-state index contributed by atoms with van der Waals surface area (Å²) in [4.78, 5) is 48.9. The number of nitrogens with zero attached hydrogens (tertiary/aromatic N) is 3. The van der Waals surface area contributed by atoms with Crippen LogP contribution in [0.4, 0.5) is 4.79 Å². The topological polar surface area (TPSA) is 85.0 Å². The Kier molecular flexibility index (Phi) is 11.2. The smallest absolute Gasteiger partial charge is 0.317 e. The first-order chi connectivity index (χ1) is 21.7. The molecule has 0 aromatic rings. The third-order valence-corrected chi connectivity index (χ3v) is 15.2. The average molecular weight is 729 g/mol. The number of carbonyl (C=O) groups is 3. The highest BCUT2D eigenvalue weighted by Gasteiger charge is 2.64. The van der Waals surface area contributed by atoms with E-state index in [0.29, 0.717) is 67.1 Å². The molecule has 3 heterocycles. The van der Waals surface area contributed by atoms with Crippen LogP contribution in [0.5, 0.6) is 0 Å². The summed E-state index contributed by atoms with van der Waals surface area (Å²) in [6.07, 6.45) is 12.5. The molecular weight excluding hydrogens is 674 g/mol. The molecule has 6 unspecified atom stereocenters. The number of likely N-dealkylation sites (tertiary alicyclic amines) is 1. The van der Waals surface area contributed by atoms with E-state index in [1.807, 2.05) is 28.5 Å². The van der Waals surface area contributed by atoms with Crippen LogP contribution in [0.1, 0.15) is 90.9 Å². The van der Waals surface area contributed by atoms with E-state index in [9.17, 15) is 9.59 Å². The van der Waals surface area contributed by atoms with E-state index in [2.05, 4.69) is 38.4 Å². The molecule has 0 spiro atoms. The predicted octanol–water partition coefficient (Wildman–Crippen LogP) is 5.46. The van der Waals surface area contributed by atoms with E-state index in [-0.39, 0.29) is 35.2 Å². The number of amides is 4. The summed E-state index contributed by atoms with van der Waals surface area (Å²) in [5.41, 5.74) is 0. The summed E-state index contributed by atoms with van der Waals surface area (Å²) < 4.78 is -0.790. The van der Waals surface area contributed by atoms with E-state index in [0.717, 1.165) is 76.8 Å². The minimum Gasteiger partial charge on any atom is -0.338 e. The Hall–Kier alpha value is -0.710. The maximum atomic E-state index is 15.2. The van der Waals surface area contributed by atoms with Gasteiger partial charge in [-0.3, -0.25) is 9.59 Å². The van der Waals surface area contributed by atoms with Gasteiger partial charge < -0.3 is 25.3 Å². The lowest BCUT2D eigenvalue weighted by molar-refractivity contribution is -0.136. The van der Waals surface area contributed by atoms with E-state index in [1.54, 1.807) is 0 Å². The number of nitrogens with one attached hydrogen (secondary N) is 2. The molecule has 254 valence electrons. The van der Waals surface area contributed by atoms with Gasteiger partial charge in [-0.25, -0.2) is 4.79 Å². The van der Waals surface area contributed by atoms with Gasteiger partial charge in [0.05, 0.1) is 12.5 Å². The minimum absolute atomic E-state index is 0.0544. The molecule has 3 saturated heterocycles. The van der Waals surface area contributed by atoms with E-state index >= 15 is 4.79 Å². The number of piperazine rings is 1. The highest BCUT2D eigenvalue weighted by molar-refractivity contribution is 9.09. The number of thioether (sulfide) groups is 1. The lowest BCUT2D eigenvalue weighted by Gasteiger charge is -2.48. The van der Waals surface area contributed by atoms with Crippen molar-refractivity contribution in [2.75, 3.05) is 45.8 Å². The maximum absolute atomic E-state index is 15.2. The number of fused-ring (bicyclic) bond motifs is 1. The van der Waals surface area contributed by atoms with Gasteiger partial charge in [0.1, 0.15) is 4.75 Å². The van der Waals surface area contributed by atoms with Gasteiger partial charge in [-0.05, 0) is 101 Å². The standard InChI is InChI=1S/C34H55BrClN5O3S/c1-3-37-33(44)40-16-14-39(15-17-40)32(43)34(45-26-11-4-22(2)5-12-26)19-30(42)41(21-23-6-8-24(35)9-7-23)31(34)28-20-38-29-18-25(36)10-13-27(28)29/h22-29,31,38H,3-21H2,1-2H3,(H,37,44). The zero-order valence-electron chi connectivity index (χ0n) is 27.4. The molecule has 3 saturated carbocycles. The van der Waals surface area contributed by atoms with Gasteiger partial charge in [0.15, 0.2) is 0 Å². The molecule has 6 atom stereocenters. The molecule has 6 rings (SSSR count). The van der Waals surface area contributed by atoms with Gasteiger partial charge in [-0.1, -0.05) is 22.9 Å². The molecule has 0 radical (unpaired) electrons. The second kappa shape index (κ2) is 14.8. The fraction of sp³-hybridized carbons (Fsp3) is 0.912. The van der Waals surface area contributed by atoms with Crippen LogP contribution in [0.3, 0.4) is 0 Å².